The van der Waals surface area contributed by atoms with Gasteiger partial charge in [0.2, 0.25) is 0 Å². The minimum atomic E-state index is -0.366. The van der Waals surface area contributed by atoms with Crippen LogP contribution < -0.4 is 10.2 Å². The summed E-state index contributed by atoms with van der Waals surface area (Å²) in [4.78, 5) is 23.6. The molecule has 0 aliphatic rings. The Labute approximate surface area is 175 Å². The van der Waals surface area contributed by atoms with Crippen molar-refractivity contribution in [3.05, 3.63) is 101 Å². The second kappa shape index (κ2) is 10.0. The van der Waals surface area contributed by atoms with Gasteiger partial charge in [0, 0.05) is 5.56 Å². The van der Waals surface area contributed by atoms with Crippen molar-refractivity contribution in [1.82, 2.24) is 5.43 Å². The molecule has 0 bridgehead atoms. The number of rotatable bonds is 7. The summed E-state index contributed by atoms with van der Waals surface area (Å²) in [5, 5.41) is 4.01. The lowest BCUT2D eigenvalue weighted by Crippen LogP contribution is -2.18. The van der Waals surface area contributed by atoms with E-state index in [-0.39, 0.29) is 11.9 Å². The van der Waals surface area contributed by atoms with Gasteiger partial charge in [-0.25, -0.2) is 10.2 Å². The Balaban J connectivity index is 1.51. The van der Waals surface area contributed by atoms with E-state index < -0.39 is 0 Å². The predicted molar refractivity (Wildman–Crippen MR) is 115 cm³/mol. The normalized spacial score (nSPS) is 10.6. The van der Waals surface area contributed by atoms with Crippen molar-refractivity contribution in [3.8, 4) is 5.75 Å². The summed E-state index contributed by atoms with van der Waals surface area (Å²) in [6.07, 6.45) is 1.57. The highest BCUT2D eigenvalue weighted by atomic mass is 16.5. The van der Waals surface area contributed by atoms with E-state index in [0.717, 1.165) is 16.7 Å². The van der Waals surface area contributed by atoms with Crippen LogP contribution in [0.1, 0.15) is 37.4 Å². The molecule has 152 valence electrons. The first-order valence-corrected chi connectivity index (χ1v) is 9.36. The van der Waals surface area contributed by atoms with Crippen LogP contribution in [0.25, 0.3) is 0 Å². The lowest BCUT2D eigenvalue weighted by Gasteiger charge is -2.07. The number of hydrogen-bond donors (Lipinski definition) is 1. The molecule has 0 radical (unpaired) electrons. The zero-order valence-corrected chi connectivity index (χ0v) is 16.8. The first kappa shape index (κ1) is 20.8. The molecule has 0 saturated heterocycles. The number of carbonyl (C=O) groups excluding carboxylic acids is 2. The van der Waals surface area contributed by atoms with E-state index in [1.54, 1.807) is 24.4 Å². The number of methoxy groups -OCH3 is 1. The molecule has 6 nitrogen and oxygen atoms in total. The molecular formula is C24H22N2O4. The van der Waals surface area contributed by atoms with E-state index in [4.69, 9.17) is 4.74 Å². The summed E-state index contributed by atoms with van der Waals surface area (Å²) in [7, 11) is 1.35. The lowest BCUT2D eigenvalue weighted by molar-refractivity contribution is 0.0600. The maximum atomic E-state index is 12.1. The number of nitrogens with one attached hydrogen (secondary N) is 1. The molecule has 0 heterocycles. The van der Waals surface area contributed by atoms with Crippen molar-refractivity contribution in [2.75, 3.05) is 7.11 Å². The molecule has 30 heavy (non-hydrogen) atoms. The number of amides is 1. The second-order valence-corrected chi connectivity index (χ2v) is 6.56. The summed E-state index contributed by atoms with van der Waals surface area (Å²) in [6.45, 7) is 2.26. The molecule has 0 saturated carbocycles. The van der Waals surface area contributed by atoms with Crippen LogP contribution in [-0.2, 0) is 11.3 Å². The first-order chi connectivity index (χ1) is 14.6. The molecule has 6 heteroatoms. The van der Waals surface area contributed by atoms with E-state index >= 15 is 0 Å². The zero-order valence-electron chi connectivity index (χ0n) is 16.8. The minimum Gasteiger partial charge on any atom is -0.489 e. The molecule has 1 N–H and O–H groups in total. The second-order valence-electron chi connectivity index (χ2n) is 6.56. The quantitative estimate of drug-likeness (QED) is 0.366. The van der Waals surface area contributed by atoms with Crippen molar-refractivity contribution < 1.29 is 19.1 Å². The van der Waals surface area contributed by atoms with Crippen LogP contribution in [0.5, 0.6) is 5.75 Å². The Morgan fingerprint density at radius 1 is 0.967 bits per heavy atom. The van der Waals surface area contributed by atoms with Crippen LogP contribution in [0.2, 0.25) is 0 Å². The monoisotopic (exact) mass is 402 g/mol. The third-order valence-electron chi connectivity index (χ3n) is 4.43. The van der Waals surface area contributed by atoms with Gasteiger partial charge in [-0.2, -0.15) is 5.10 Å². The number of aryl methyl sites for hydroxylation is 1. The van der Waals surface area contributed by atoms with Gasteiger partial charge in [-0.15, -0.1) is 0 Å². The van der Waals surface area contributed by atoms with Crippen molar-refractivity contribution in [3.63, 3.8) is 0 Å². The largest absolute Gasteiger partial charge is 0.489 e. The van der Waals surface area contributed by atoms with Gasteiger partial charge in [-0.3, -0.25) is 4.79 Å². The molecule has 0 aliphatic carbocycles. The summed E-state index contributed by atoms with van der Waals surface area (Å²) in [6, 6.07) is 21.7. The van der Waals surface area contributed by atoms with Gasteiger partial charge in [-0.05, 0) is 66.1 Å². The fraction of sp³-hybridized carbons (Fsp3) is 0.125. The van der Waals surface area contributed by atoms with Gasteiger partial charge in [0.05, 0.1) is 18.9 Å². The highest BCUT2D eigenvalue weighted by Crippen LogP contribution is 2.14. The third-order valence-corrected chi connectivity index (χ3v) is 4.43. The molecule has 3 aromatic carbocycles. The molecule has 1 amide bonds. The molecule has 3 aromatic rings. The van der Waals surface area contributed by atoms with Crippen LogP contribution in [-0.4, -0.2) is 25.2 Å². The van der Waals surface area contributed by atoms with Gasteiger partial charge in [0.25, 0.3) is 5.91 Å². The summed E-state index contributed by atoms with van der Waals surface area (Å²) in [5.74, 6) is 0.0884. The lowest BCUT2D eigenvalue weighted by atomic mass is 10.1. The first-order valence-electron chi connectivity index (χ1n) is 9.36. The fourth-order valence-corrected chi connectivity index (χ4v) is 2.73. The smallest absolute Gasteiger partial charge is 0.337 e. The van der Waals surface area contributed by atoms with Crippen LogP contribution in [0.3, 0.4) is 0 Å². The SMILES string of the molecule is COC(=O)c1ccc(COc2ccc(/C=N\NC(=O)c3ccccc3C)cc2)cc1. The minimum absolute atomic E-state index is 0.248. The van der Waals surface area contributed by atoms with Gasteiger partial charge < -0.3 is 9.47 Å². The standard InChI is InChI=1S/C24H22N2O4/c1-17-5-3-4-6-22(17)23(27)26-25-15-18-9-13-21(14-10-18)30-16-19-7-11-20(12-8-19)24(28)29-2/h3-15H,16H2,1-2H3,(H,26,27)/b25-15-. The van der Waals surface area contributed by atoms with Crippen LogP contribution in [0, 0.1) is 6.92 Å². The summed E-state index contributed by atoms with van der Waals surface area (Å²) >= 11 is 0. The molecule has 3 rings (SSSR count). The Kier molecular flexibility index (Phi) is 6.95. The maximum Gasteiger partial charge on any atom is 0.337 e. The highest BCUT2D eigenvalue weighted by Gasteiger charge is 2.06. The Morgan fingerprint density at radius 2 is 1.67 bits per heavy atom. The fourth-order valence-electron chi connectivity index (χ4n) is 2.73. The zero-order chi connectivity index (χ0) is 21.3. The Bertz CT molecular complexity index is 1040. The Hall–Kier alpha value is -3.93. The average molecular weight is 402 g/mol. The molecule has 0 atom stereocenters. The molecule has 0 fully saturated rings. The van der Waals surface area contributed by atoms with Crippen molar-refractivity contribution in [2.24, 2.45) is 5.10 Å². The maximum absolute atomic E-state index is 12.1. The van der Waals surface area contributed by atoms with E-state index in [9.17, 15) is 9.59 Å². The summed E-state index contributed by atoms with van der Waals surface area (Å²) < 4.78 is 10.4. The van der Waals surface area contributed by atoms with Gasteiger partial charge in [0.15, 0.2) is 0 Å². The van der Waals surface area contributed by atoms with E-state index in [1.165, 1.54) is 7.11 Å². The van der Waals surface area contributed by atoms with Crippen LogP contribution >= 0.6 is 0 Å². The van der Waals surface area contributed by atoms with Gasteiger partial charge >= 0.3 is 5.97 Å². The van der Waals surface area contributed by atoms with Gasteiger partial charge in [0.1, 0.15) is 12.4 Å². The number of esters is 1. The van der Waals surface area contributed by atoms with Crippen LogP contribution in [0.15, 0.2) is 77.9 Å². The van der Waals surface area contributed by atoms with Gasteiger partial charge in [-0.1, -0.05) is 30.3 Å². The predicted octanol–water partition coefficient (Wildman–Crippen LogP) is 4.12. The average Bonchev–Trinajstić information content (AvgIpc) is 2.78. The van der Waals surface area contributed by atoms with Crippen molar-refractivity contribution >= 4 is 18.1 Å². The molecule has 0 unspecified atom stereocenters. The summed E-state index contributed by atoms with van der Waals surface area (Å²) in [5.41, 5.74) is 6.29. The van der Waals surface area contributed by atoms with Crippen molar-refractivity contribution in [2.45, 2.75) is 13.5 Å². The molecule has 0 aliphatic heterocycles. The molecule has 0 aromatic heterocycles. The van der Waals surface area contributed by atoms with E-state index in [0.29, 0.717) is 23.5 Å². The topological polar surface area (TPSA) is 77.0 Å². The van der Waals surface area contributed by atoms with E-state index in [1.807, 2.05) is 61.5 Å². The Morgan fingerprint density at radius 3 is 2.33 bits per heavy atom. The number of carbonyl (C=O) groups is 2. The number of nitrogens with zero attached hydrogens (tertiary/aromatic N) is 1. The van der Waals surface area contributed by atoms with Crippen molar-refractivity contribution in [1.29, 1.82) is 0 Å². The highest BCUT2D eigenvalue weighted by molar-refractivity contribution is 5.96. The molecular weight excluding hydrogens is 380 g/mol. The number of ether oxygens (including phenoxy) is 2. The third kappa shape index (κ3) is 5.54. The van der Waals surface area contributed by atoms with E-state index in [2.05, 4.69) is 15.3 Å². The number of hydrogen-bond acceptors (Lipinski definition) is 5. The number of benzene rings is 3. The molecule has 0 spiro atoms. The number of hydrazone groups is 1. The van der Waals surface area contributed by atoms with Crippen LogP contribution in [0.4, 0.5) is 0 Å².